The smallest absolute Gasteiger partial charge is 0.144 e. The first-order valence-corrected chi connectivity index (χ1v) is 7.35. The first-order valence-electron chi connectivity index (χ1n) is 7.35. The van der Waals surface area contributed by atoms with Crippen LogP contribution in [0.4, 0.5) is 0 Å². The minimum absolute atomic E-state index is 0.263. The Balaban J connectivity index is 1.96. The zero-order chi connectivity index (χ0) is 15.5. The fraction of sp³-hybridized carbons (Fsp3) is 0.500. The first-order chi connectivity index (χ1) is 9.95. The van der Waals surface area contributed by atoms with Crippen LogP contribution in [0.2, 0.25) is 0 Å². The van der Waals surface area contributed by atoms with E-state index in [4.69, 9.17) is 10.9 Å². The van der Waals surface area contributed by atoms with E-state index in [0.717, 1.165) is 37.1 Å². The van der Waals surface area contributed by atoms with Crippen LogP contribution < -0.4 is 5.73 Å². The molecule has 21 heavy (non-hydrogen) atoms. The van der Waals surface area contributed by atoms with E-state index in [1.54, 1.807) is 0 Å². The van der Waals surface area contributed by atoms with Crippen molar-refractivity contribution in [2.45, 2.75) is 46.6 Å². The number of benzene rings is 1. The van der Waals surface area contributed by atoms with Crippen LogP contribution in [0.5, 0.6) is 0 Å². The molecule has 1 heterocycles. The first kappa shape index (κ1) is 15.4. The Labute approximate surface area is 125 Å². The van der Waals surface area contributed by atoms with Gasteiger partial charge < -0.3 is 15.5 Å². The van der Waals surface area contributed by atoms with Crippen molar-refractivity contribution < 1.29 is 5.21 Å². The highest BCUT2D eigenvalue weighted by atomic mass is 16.4. The summed E-state index contributed by atoms with van der Waals surface area (Å²) in [7, 11) is 0. The van der Waals surface area contributed by atoms with Gasteiger partial charge in [0, 0.05) is 12.0 Å². The van der Waals surface area contributed by atoms with Crippen LogP contribution in [0, 0.1) is 12.3 Å². The molecule has 1 aromatic carbocycles. The van der Waals surface area contributed by atoms with Crippen LogP contribution in [-0.2, 0) is 6.54 Å². The fourth-order valence-electron chi connectivity index (χ4n) is 2.58. The molecule has 3 N–H and O–H groups in total. The molecule has 0 saturated carbocycles. The standard InChI is InChI=1S/C16H24N4O/c1-12-18-13-8-4-5-9-14(13)20(12)11-7-6-10-16(2,3)15(17)19-21/h4-5,8-9,21H,6-7,10-11H2,1-3H3,(H2,17,19). The van der Waals surface area contributed by atoms with Gasteiger partial charge in [-0.15, -0.1) is 0 Å². The number of oxime groups is 1. The molecule has 114 valence electrons. The second-order valence-electron chi connectivity index (χ2n) is 6.13. The summed E-state index contributed by atoms with van der Waals surface area (Å²) in [6.07, 6.45) is 2.97. The van der Waals surface area contributed by atoms with Crippen LogP contribution in [0.15, 0.2) is 29.4 Å². The molecular weight excluding hydrogens is 264 g/mol. The molecule has 0 unspecified atom stereocenters. The lowest BCUT2D eigenvalue weighted by Gasteiger charge is -2.22. The second-order valence-corrected chi connectivity index (χ2v) is 6.13. The third-order valence-electron chi connectivity index (χ3n) is 4.08. The van der Waals surface area contributed by atoms with Gasteiger partial charge in [0.05, 0.1) is 11.0 Å². The number of hydrogen-bond acceptors (Lipinski definition) is 3. The highest BCUT2D eigenvalue weighted by molar-refractivity contribution is 5.85. The van der Waals surface area contributed by atoms with E-state index in [9.17, 15) is 0 Å². The maximum atomic E-state index is 8.78. The summed E-state index contributed by atoms with van der Waals surface area (Å²) in [5, 5.41) is 11.9. The summed E-state index contributed by atoms with van der Waals surface area (Å²) < 4.78 is 2.26. The minimum atomic E-state index is -0.263. The summed E-state index contributed by atoms with van der Waals surface area (Å²) in [6, 6.07) is 8.20. The number of amidine groups is 1. The van der Waals surface area contributed by atoms with E-state index >= 15 is 0 Å². The maximum absolute atomic E-state index is 8.78. The van der Waals surface area contributed by atoms with Gasteiger partial charge in [0.1, 0.15) is 11.7 Å². The van der Waals surface area contributed by atoms with Gasteiger partial charge in [-0.2, -0.15) is 0 Å². The Bertz CT molecular complexity index is 643. The van der Waals surface area contributed by atoms with Gasteiger partial charge in [-0.05, 0) is 31.9 Å². The van der Waals surface area contributed by atoms with Crippen LogP contribution >= 0.6 is 0 Å². The normalized spacial score (nSPS) is 13.0. The van der Waals surface area contributed by atoms with Gasteiger partial charge in [0.15, 0.2) is 0 Å². The number of rotatable bonds is 6. The number of fused-ring (bicyclic) bond motifs is 1. The summed E-state index contributed by atoms with van der Waals surface area (Å²) in [4.78, 5) is 4.57. The Hall–Kier alpha value is -2.04. The molecule has 0 radical (unpaired) electrons. The average Bonchev–Trinajstić information content (AvgIpc) is 2.78. The van der Waals surface area contributed by atoms with Crippen molar-refractivity contribution in [1.29, 1.82) is 0 Å². The summed E-state index contributed by atoms with van der Waals surface area (Å²) >= 11 is 0. The number of para-hydroxylation sites is 2. The SMILES string of the molecule is Cc1nc2ccccc2n1CCCCC(C)(C)/C(N)=N/O. The number of nitrogens with zero attached hydrogens (tertiary/aromatic N) is 3. The Morgan fingerprint density at radius 3 is 2.76 bits per heavy atom. The molecule has 1 aromatic heterocycles. The van der Waals surface area contributed by atoms with Gasteiger partial charge in [0.2, 0.25) is 0 Å². The number of aryl methyl sites for hydroxylation is 2. The lowest BCUT2D eigenvalue weighted by molar-refractivity contribution is 0.304. The van der Waals surface area contributed by atoms with E-state index in [0.29, 0.717) is 5.84 Å². The number of nitrogens with two attached hydrogens (primary N) is 1. The molecule has 5 heteroatoms. The van der Waals surface area contributed by atoms with Crippen LogP contribution in [0.1, 0.15) is 38.9 Å². The Kier molecular flexibility index (Phi) is 4.50. The Morgan fingerprint density at radius 2 is 2.05 bits per heavy atom. The Morgan fingerprint density at radius 1 is 1.33 bits per heavy atom. The summed E-state index contributed by atoms with van der Waals surface area (Å²) in [5.41, 5.74) is 7.68. The van der Waals surface area contributed by atoms with Crippen molar-refractivity contribution in [2.24, 2.45) is 16.3 Å². The zero-order valence-electron chi connectivity index (χ0n) is 13.0. The summed E-state index contributed by atoms with van der Waals surface area (Å²) in [5.74, 6) is 1.35. The van der Waals surface area contributed by atoms with Gasteiger partial charge in [-0.25, -0.2) is 4.98 Å². The number of unbranched alkanes of at least 4 members (excludes halogenated alkanes) is 1. The quantitative estimate of drug-likeness (QED) is 0.281. The molecule has 0 fully saturated rings. The zero-order valence-corrected chi connectivity index (χ0v) is 13.0. The molecule has 2 rings (SSSR count). The lowest BCUT2D eigenvalue weighted by Crippen LogP contribution is -2.31. The minimum Gasteiger partial charge on any atom is -0.409 e. The third kappa shape index (κ3) is 3.35. The van der Waals surface area contributed by atoms with E-state index in [1.165, 1.54) is 5.52 Å². The van der Waals surface area contributed by atoms with Crippen molar-refractivity contribution in [1.82, 2.24) is 9.55 Å². The van der Waals surface area contributed by atoms with Crippen molar-refractivity contribution in [3.63, 3.8) is 0 Å². The molecule has 0 aliphatic heterocycles. The largest absolute Gasteiger partial charge is 0.409 e. The molecular formula is C16H24N4O. The van der Waals surface area contributed by atoms with Crippen molar-refractivity contribution in [2.75, 3.05) is 0 Å². The van der Waals surface area contributed by atoms with Crippen LogP contribution in [-0.4, -0.2) is 20.6 Å². The predicted octanol–water partition coefficient (Wildman–Crippen LogP) is 3.29. The van der Waals surface area contributed by atoms with Crippen molar-refractivity contribution in [3.8, 4) is 0 Å². The highest BCUT2D eigenvalue weighted by Crippen LogP contribution is 2.24. The topological polar surface area (TPSA) is 76.4 Å². The van der Waals surface area contributed by atoms with Crippen LogP contribution in [0.3, 0.4) is 0 Å². The van der Waals surface area contributed by atoms with Gasteiger partial charge in [0.25, 0.3) is 0 Å². The van der Waals surface area contributed by atoms with Crippen molar-refractivity contribution >= 4 is 16.9 Å². The molecule has 0 spiro atoms. The van der Waals surface area contributed by atoms with E-state index in [1.807, 2.05) is 39.0 Å². The molecule has 0 saturated heterocycles. The van der Waals surface area contributed by atoms with Gasteiger partial charge in [-0.3, -0.25) is 0 Å². The van der Waals surface area contributed by atoms with Gasteiger partial charge >= 0.3 is 0 Å². The fourth-order valence-corrected chi connectivity index (χ4v) is 2.58. The molecule has 0 amide bonds. The third-order valence-corrected chi connectivity index (χ3v) is 4.08. The van der Waals surface area contributed by atoms with E-state index in [2.05, 4.69) is 20.8 Å². The molecule has 0 atom stereocenters. The van der Waals surface area contributed by atoms with E-state index < -0.39 is 0 Å². The maximum Gasteiger partial charge on any atom is 0.144 e. The molecule has 0 aliphatic carbocycles. The van der Waals surface area contributed by atoms with E-state index in [-0.39, 0.29) is 5.41 Å². The van der Waals surface area contributed by atoms with Gasteiger partial charge in [-0.1, -0.05) is 37.6 Å². The highest BCUT2D eigenvalue weighted by Gasteiger charge is 2.22. The molecule has 2 aromatic rings. The van der Waals surface area contributed by atoms with Crippen molar-refractivity contribution in [3.05, 3.63) is 30.1 Å². The number of imidazole rings is 1. The molecule has 5 nitrogen and oxygen atoms in total. The molecule has 0 aliphatic rings. The molecule has 0 bridgehead atoms. The number of hydrogen-bond donors (Lipinski definition) is 2. The average molecular weight is 288 g/mol. The van der Waals surface area contributed by atoms with Crippen LogP contribution in [0.25, 0.3) is 11.0 Å². The lowest BCUT2D eigenvalue weighted by atomic mass is 9.86. The monoisotopic (exact) mass is 288 g/mol. The second kappa shape index (κ2) is 6.16. The number of aromatic nitrogens is 2. The summed E-state index contributed by atoms with van der Waals surface area (Å²) in [6.45, 7) is 6.98. The predicted molar refractivity (Wildman–Crippen MR) is 85.5 cm³/mol.